The van der Waals surface area contributed by atoms with Crippen molar-refractivity contribution in [3.63, 3.8) is 0 Å². The molecular weight excluding hydrogens is 368 g/mol. The van der Waals surface area contributed by atoms with E-state index < -0.39 is 6.04 Å². The Balaban J connectivity index is 1.32. The molecule has 4 atom stereocenters. The number of nitrogens with one attached hydrogen (secondary N) is 3. The van der Waals surface area contributed by atoms with Gasteiger partial charge in [-0.2, -0.15) is 0 Å². The summed E-state index contributed by atoms with van der Waals surface area (Å²) in [5, 5.41) is 9.74. The number of piperidine rings is 1. The van der Waals surface area contributed by atoms with Gasteiger partial charge in [0.25, 0.3) is 5.91 Å². The molecule has 1 saturated carbocycles. The molecule has 3 N–H and O–H groups in total. The van der Waals surface area contributed by atoms with Gasteiger partial charge in [-0.1, -0.05) is 26.0 Å². The van der Waals surface area contributed by atoms with Crippen LogP contribution in [0, 0.1) is 11.3 Å². The third-order valence-electron chi connectivity index (χ3n) is 7.49. The zero-order valence-electron chi connectivity index (χ0n) is 17.0. The number of carbonyl (C=O) groups excluding carboxylic acids is 3. The van der Waals surface area contributed by atoms with E-state index in [1.54, 1.807) is 4.90 Å². The van der Waals surface area contributed by atoms with Crippen LogP contribution in [0.25, 0.3) is 0 Å². The van der Waals surface area contributed by atoms with Crippen LogP contribution < -0.4 is 16.0 Å². The third-order valence-corrected chi connectivity index (χ3v) is 7.49. The van der Waals surface area contributed by atoms with Gasteiger partial charge in [-0.25, -0.2) is 0 Å². The molecule has 0 aromatic heterocycles. The summed E-state index contributed by atoms with van der Waals surface area (Å²) < 4.78 is 0. The van der Waals surface area contributed by atoms with Crippen LogP contribution in [-0.2, 0) is 22.7 Å². The number of nitrogens with zero attached hydrogens (tertiary/aromatic N) is 1. The molecule has 4 unspecified atom stereocenters. The molecule has 3 aliphatic heterocycles. The Kier molecular flexibility index (Phi) is 4.29. The number of imide groups is 1. The summed E-state index contributed by atoms with van der Waals surface area (Å²) in [7, 11) is 0. The van der Waals surface area contributed by atoms with E-state index in [1.165, 1.54) is 6.42 Å². The van der Waals surface area contributed by atoms with E-state index in [4.69, 9.17) is 0 Å². The number of hydrogen-bond donors (Lipinski definition) is 3. The van der Waals surface area contributed by atoms with Gasteiger partial charge in [0, 0.05) is 37.2 Å². The van der Waals surface area contributed by atoms with Gasteiger partial charge in [0.1, 0.15) is 6.04 Å². The zero-order valence-corrected chi connectivity index (χ0v) is 17.0. The SMILES string of the molecule is CC1(C)C2NCCC2C1NCc1cccc2c1CN(C1CCC(=O)NC1=O)C2=O. The first-order valence-corrected chi connectivity index (χ1v) is 10.6. The first-order chi connectivity index (χ1) is 13.9. The maximum absolute atomic E-state index is 13.0. The second kappa shape index (κ2) is 6.64. The molecular formula is C22H28N4O3. The number of rotatable bonds is 4. The average Bonchev–Trinajstić information content (AvgIpc) is 3.26. The van der Waals surface area contributed by atoms with Gasteiger partial charge >= 0.3 is 0 Å². The van der Waals surface area contributed by atoms with Crippen molar-refractivity contribution in [3.05, 3.63) is 34.9 Å². The van der Waals surface area contributed by atoms with Crippen LogP contribution in [0.2, 0.25) is 0 Å². The molecule has 0 radical (unpaired) electrons. The summed E-state index contributed by atoms with van der Waals surface area (Å²) in [6.07, 6.45) is 1.88. The van der Waals surface area contributed by atoms with Gasteiger partial charge in [0.2, 0.25) is 11.8 Å². The molecule has 1 aromatic rings. The number of carbonyl (C=O) groups is 3. The molecule has 1 aliphatic carbocycles. The summed E-state index contributed by atoms with van der Waals surface area (Å²) in [4.78, 5) is 38.3. The largest absolute Gasteiger partial charge is 0.322 e. The maximum Gasteiger partial charge on any atom is 0.255 e. The highest BCUT2D eigenvalue weighted by atomic mass is 16.2. The quantitative estimate of drug-likeness (QED) is 0.659. The standard InChI is InChI=1S/C22H28N4O3/c1-22(2)18-14(8-9-23-18)19(22)24-10-12-4-3-5-13-15(12)11-26(21(13)29)16-6-7-17(27)25-20(16)28/h3-5,14,16,18-19,23-24H,6-11H2,1-2H3,(H,25,27,28). The predicted molar refractivity (Wildman–Crippen MR) is 107 cm³/mol. The lowest BCUT2D eigenvalue weighted by Gasteiger charge is -2.56. The lowest BCUT2D eigenvalue weighted by Crippen LogP contribution is -2.68. The molecule has 3 fully saturated rings. The van der Waals surface area contributed by atoms with E-state index in [0.717, 1.165) is 24.2 Å². The van der Waals surface area contributed by atoms with Crippen molar-refractivity contribution in [1.29, 1.82) is 0 Å². The van der Waals surface area contributed by atoms with Crippen molar-refractivity contribution in [2.24, 2.45) is 11.3 Å². The minimum atomic E-state index is -0.565. The average molecular weight is 396 g/mol. The molecule has 3 heterocycles. The van der Waals surface area contributed by atoms with Crippen molar-refractivity contribution < 1.29 is 14.4 Å². The molecule has 4 aliphatic rings. The minimum Gasteiger partial charge on any atom is -0.322 e. The monoisotopic (exact) mass is 396 g/mol. The number of amides is 3. The highest BCUT2D eigenvalue weighted by Crippen LogP contribution is 2.49. The highest BCUT2D eigenvalue weighted by molar-refractivity contribution is 6.05. The van der Waals surface area contributed by atoms with Gasteiger partial charge < -0.3 is 15.5 Å². The number of benzene rings is 1. The zero-order chi connectivity index (χ0) is 20.3. The van der Waals surface area contributed by atoms with Crippen molar-refractivity contribution in [1.82, 2.24) is 20.9 Å². The Hall–Kier alpha value is -2.25. The Morgan fingerprint density at radius 2 is 2.03 bits per heavy atom. The molecule has 7 nitrogen and oxygen atoms in total. The van der Waals surface area contributed by atoms with Gasteiger partial charge in [0.05, 0.1) is 0 Å². The molecule has 0 bridgehead atoms. The van der Waals surface area contributed by atoms with Crippen molar-refractivity contribution in [3.8, 4) is 0 Å². The second-order valence-electron chi connectivity index (χ2n) is 9.41. The minimum absolute atomic E-state index is 0.111. The topological polar surface area (TPSA) is 90.5 Å². The molecule has 7 heteroatoms. The van der Waals surface area contributed by atoms with Crippen LogP contribution in [0.4, 0.5) is 0 Å². The second-order valence-corrected chi connectivity index (χ2v) is 9.41. The van der Waals surface area contributed by atoms with E-state index in [9.17, 15) is 14.4 Å². The number of hydrogen-bond acceptors (Lipinski definition) is 5. The van der Waals surface area contributed by atoms with Gasteiger partial charge in [-0.05, 0) is 47.9 Å². The summed E-state index contributed by atoms with van der Waals surface area (Å²) in [6, 6.07) is 6.32. The first kappa shape index (κ1) is 18.8. The Morgan fingerprint density at radius 3 is 2.83 bits per heavy atom. The fraction of sp³-hybridized carbons (Fsp3) is 0.591. The highest BCUT2D eigenvalue weighted by Gasteiger charge is 2.57. The van der Waals surface area contributed by atoms with Crippen molar-refractivity contribution >= 4 is 17.7 Å². The lowest BCUT2D eigenvalue weighted by atomic mass is 9.56. The van der Waals surface area contributed by atoms with E-state index in [-0.39, 0.29) is 29.6 Å². The normalized spacial score (nSPS) is 32.6. The van der Waals surface area contributed by atoms with E-state index in [1.807, 2.05) is 12.1 Å². The maximum atomic E-state index is 13.0. The van der Waals surface area contributed by atoms with Gasteiger partial charge in [0.15, 0.2) is 0 Å². The van der Waals surface area contributed by atoms with Crippen LogP contribution in [0.15, 0.2) is 18.2 Å². The van der Waals surface area contributed by atoms with Crippen LogP contribution in [0.5, 0.6) is 0 Å². The van der Waals surface area contributed by atoms with Crippen LogP contribution in [0.1, 0.15) is 54.6 Å². The predicted octanol–water partition coefficient (Wildman–Crippen LogP) is 0.924. The molecule has 1 aromatic carbocycles. The Morgan fingerprint density at radius 1 is 1.21 bits per heavy atom. The summed E-state index contributed by atoms with van der Waals surface area (Å²) in [5.74, 6) is -0.0649. The van der Waals surface area contributed by atoms with Crippen molar-refractivity contribution in [2.45, 2.75) is 64.3 Å². The summed E-state index contributed by atoms with van der Waals surface area (Å²) >= 11 is 0. The van der Waals surface area contributed by atoms with Crippen molar-refractivity contribution in [2.75, 3.05) is 6.54 Å². The molecule has 5 rings (SSSR count). The Bertz CT molecular complexity index is 896. The molecule has 154 valence electrons. The fourth-order valence-electron chi connectivity index (χ4n) is 5.97. The summed E-state index contributed by atoms with van der Waals surface area (Å²) in [6.45, 7) is 6.87. The van der Waals surface area contributed by atoms with Crippen LogP contribution in [0.3, 0.4) is 0 Å². The smallest absolute Gasteiger partial charge is 0.255 e. The van der Waals surface area contributed by atoms with Gasteiger partial charge in [-0.15, -0.1) is 0 Å². The lowest BCUT2D eigenvalue weighted by molar-refractivity contribution is -0.136. The summed E-state index contributed by atoms with van der Waals surface area (Å²) in [5.41, 5.74) is 3.03. The van der Waals surface area contributed by atoms with E-state index >= 15 is 0 Å². The molecule has 29 heavy (non-hydrogen) atoms. The van der Waals surface area contributed by atoms with Crippen LogP contribution >= 0.6 is 0 Å². The molecule has 2 saturated heterocycles. The Labute approximate surface area is 170 Å². The van der Waals surface area contributed by atoms with E-state index in [0.29, 0.717) is 36.5 Å². The molecule has 3 amide bonds. The van der Waals surface area contributed by atoms with Crippen LogP contribution in [-0.4, -0.2) is 47.3 Å². The first-order valence-electron chi connectivity index (χ1n) is 10.6. The fourth-order valence-corrected chi connectivity index (χ4v) is 5.97. The van der Waals surface area contributed by atoms with E-state index in [2.05, 4.69) is 35.9 Å². The molecule has 0 spiro atoms. The number of fused-ring (bicyclic) bond motifs is 2. The third kappa shape index (κ3) is 2.82. The van der Waals surface area contributed by atoms with Gasteiger partial charge in [-0.3, -0.25) is 19.7 Å².